The van der Waals surface area contributed by atoms with Crippen LogP contribution in [-0.4, -0.2) is 14.2 Å². The Kier molecular flexibility index (Phi) is 4.94. The third-order valence-electron chi connectivity index (χ3n) is 3.33. The van der Waals surface area contributed by atoms with Crippen molar-refractivity contribution in [1.29, 1.82) is 0 Å². The van der Waals surface area contributed by atoms with Crippen molar-refractivity contribution in [2.24, 2.45) is 0 Å². The average molecular weight is 340 g/mol. The summed E-state index contributed by atoms with van der Waals surface area (Å²) in [7, 11) is -3.19. The molecule has 0 amide bonds. The van der Waals surface area contributed by atoms with Crippen LogP contribution in [-0.2, 0) is 16.0 Å². The normalized spacial score (nSPS) is 12.7. The second kappa shape index (κ2) is 6.58. The molecule has 0 aliphatic carbocycles. The molecule has 0 aromatic heterocycles. The zero-order chi connectivity index (χ0) is 17.1. The van der Waals surface area contributed by atoms with E-state index < -0.39 is 21.6 Å². The molecule has 0 N–H and O–H groups in total. The fourth-order valence-electron chi connectivity index (χ4n) is 1.92. The maximum atomic E-state index is 12.5. The molecule has 0 aliphatic rings. The van der Waals surface area contributed by atoms with Gasteiger partial charge in [-0.25, -0.2) is 8.42 Å². The van der Waals surface area contributed by atoms with Crippen LogP contribution in [0.15, 0.2) is 53.9 Å². The van der Waals surface area contributed by atoms with E-state index in [-0.39, 0.29) is 5.75 Å². The Morgan fingerprint density at radius 1 is 0.913 bits per heavy atom. The monoisotopic (exact) mass is 340 g/mol. The lowest BCUT2D eigenvalue weighted by Crippen LogP contribution is -2.03. The first-order valence-corrected chi connectivity index (χ1v) is 8.61. The van der Waals surface area contributed by atoms with E-state index in [1.807, 2.05) is 0 Å². The van der Waals surface area contributed by atoms with Gasteiger partial charge in [-0.15, -0.1) is 0 Å². The zero-order valence-electron chi connectivity index (χ0n) is 12.3. The molecule has 0 saturated heterocycles. The van der Waals surface area contributed by atoms with Crippen molar-refractivity contribution in [1.82, 2.24) is 0 Å². The van der Waals surface area contributed by atoms with E-state index in [1.165, 1.54) is 18.2 Å². The molecule has 23 heavy (non-hydrogen) atoms. The molecule has 2 rings (SSSR count). The summed E-state index contributed by atoms with van der Waals surface area (Å²) < 4.78 is 60.4. The van der Waals surface area contributed by atoms with Crippen LogP contribution in [0.5, 0.6) is 0 Å². The second-order valence-electron chi connectivity index (χ2n) is 4.95. The Labute approximate surface area is 133 Å². The minimum Gasteiger partial charge on any atom is -0.224 e. The molecule has 2 aromatic rings. The fraction of sp³-hybridized carbons (Fsp3) is 0.176. The van der Waals surface area contributed by atoms with Crippen LogP contribution in [0.4, 0.5) is 13.2 Å². The van der Waals surface area contributed by atoms with Crippen LogP contribution in [0.25, 0.3) is 17.2 Å². The molecule has 6 heteroatoms. The first kappa shape index (κ1) is 17.3. The van der Waals surface area contributed by atoms with Gasteiger partial charge in [0.05, 0.1) is 11.3 Å². The first-order chi connectivity index (χ1) is 10.7. The van der Waals surface area contributed by atoms with Crippen LogP contribution in [0.1, 0.15) is 18.1 Å². The number of hydrogen-bond donors (Lipinski definition) is 0. The molecule has 0 radical (unpaired) electrons. The van der Waals surface area contributed by atoms with Crippen LogP contribution >= 0.6 is 0 Å². The van der Waals surface area contributed by atoms with Crippen molar-refractivity contribution in [3.8, 4) is 11.1 Å². The van der Waals surface area contributed by atoms with E-state index >= 15 is 0 Å². The number of sulfone groups is 1. The maximum absolute atomic E-state index is 12.5. The Morgan fingerprint density at radius 3 is 1.83 bits per heavy atom. The van der Waals surface area contributed by atoms with Crippen LogP contribution in [0.3, 0.4) is 0 Å². The highest BCUT2D eigenvalue weighted by Gasteiger charge is 2.29. The van der Waals surface area contributed by atoms with E-state index in [1.54, 1.807) is 31.2 Å². The quantitative estimate of drug-likeness (QED) is 0.803. The summed E-state index contributed by atoms with van der Waals surface area (Å²) >= 11 is 0. The predicted molar refractivity (Wildman–Crippen MR) is 85.4 cm³/mol. The molecule has 0 spiro atoms. The van der Waals surface area contributed by atoms with Crippen molar-refractivity contribution in [2.45, 2.75) is 13.1 Å². The van der Waals surface area contributed by atoms with Crippen molar-refractivity contribution in [3.63, 3.8) is 0 Å². The summed E-state index contributed by atoms with van der Waals surface area (Å²) in [5.41, 5.74) is 1.44. The third kappa shape index (κ3) is 4.69. The van der Waals surface area contributed by atoms with E-state index in [2.05, 4.69) is 0 Å². The van der Waals surface area contributed by atoms with Gasteiger partial charge in [-0.2, -0.15) is 13.2 Å². The van der Waals surface area contributed by atoms with Gasteiger partial charge in [-0.05, 0) is 34.9 Å². The Morgan fingerprint density at radius 2 is 1.39 bits per heavy atom. The van der Waals surface area contributed by atoms with Gasteiger partial charge in [-0.3, -0.25) is 0 Å². The summed E-state index contributed by atoms with van der Waals surface area (Å²) in [5, 5.41) is 1.15. The summed E-state index contributed by atoms with van der Waals surface area (Å²) in [6.07, 6.45) is -2.85. The Hall–Kier alpha value is -2.08. The van der Waals surface area contributed by atoms with Crippen LogP contribution < -0.4 is 0 Å². The predicted octanol–water partition coefficient (Wildman–Crippen LogP) is 4.78. The van der Waals surface area contributed by atoms with Crippen molar-refractivity contribution < 1.29 is 21.6 Å². The van der Waals surface area contributed by atoms with Gasteiger partial charge >= 0.3 is 6.18 Å². The number of alkyl halides is 3. The van der Waals surface area contributed by atoms with E-state index in [0.717, 1.165) is 23.1 Å². The number of rotatable bonds is 4. The minimum atomic E-state index is -4.35. The molecule has 122 valence electrons. The van der Waals surface area contributed by atoms with E-state index in [9.17, 15) is 21.6 Å². The summed E-state index contributed by atoms with van der Waals surface area (Å²) in [6, 6.07) is 11.8. The second-order valence-corrected chi connectivity index (χ2v) is 7.13. The molecule has 2 nitrogen and oxygen atoms in total. The summed E-state index contributed by atoms with van der Waals surface area (Å²) in [6.45, 7) is 1.56. The molecule has 0 unspecified atom stereocenters. The van der Waals surface area contributed by atoms with Crippen molar-refractivity contribution in [2.75, 3.05) is 5.75 Å². The first-order valence-electron chi connectivity index (χ1n) is 6.90. The molecule has 0 saturated carbocycles. The summed E-state index contributed by atoms with van der Waals surface area (Å²) in [5.74, 6) is 0.0349. The van der Waals surface area contributed by atoms with Gasteiger partial charge in [0.1, 0.15) is 0 Å². The fourth-order valence-corrected chi connectivity index (χ4v) is 2.47. The van der Waals surface area contributed by atoms with Crippen LogP contribution in [0, 0.1) is 0 Å². The zero-order valence-corrected chi connectivity index (χ0v) is 13.2. The highest BCUT2D eigenvalue weighted by atomic mass is 32.2. The molecular formula is C17H15F3O2S. The van der Waals surface area contributed by atoms with Gasteiger partial charge in [0.15, 0.2) is 9.84 Å². The molecule has 0 aliphatic heterocycles. The lowest BCUT2D eigenvalue weighted by Gasteiger charge is -2.08. The van der Waals surface area contributed by atoms with Crippen molar-refractivity contribution in [3.05, 3.63) is 65.1 Å². The van der Waals surface area contributed by atoms with Crippen LogP contribution in [0.2, 0.25) is 0 Å². The lowest BCUT2D eigenvalue weighted by molar-refractivity contribution is -0.137. The van der Waals surface area contributed by atoms with Gasteiger partial charge in [0.2, 0.25) is 0 Å². The number of benzene rings is 2. The molecule has 2 aromatic carbocycles. The summed E-state index contributed by atoms with van der Waals surface area (Å²) in [4.78, 5) is 0. The third-order valence-corrected chi connectivity index (χ3v) is 4.68. The highest BCUT2D eigenvalue weighted by molar-refractivity contribution is 7.94. The minimum absolute atomic E-state index is 0.0349. The van der Waals surface area contributed by atoms with Gasteiger partial charge in [0, 0.05) is 5.41 Å². The Bertz CT molecular complexity index is 787. The van der Waals surface area contributed by atoms with Gasteiger partial charge < -0.3 is 0 Å². The topological polar surface area (TPSA) is 34.1 Å². The standard InChI is InChI=1S/C17H15F3O2S/c1-2-23(21,22)12-11-13-3-5-14(6-4-13)15-7-9-16(10-8-15)17(18,19)20/h3-12H,2H2,1H3/b12-11+. The smallest absolute Gasteiger partial charge is 0.224 e. The SMILES string of the molecule is CCS(=O)(=O)/C=C/c1ccc(-c2ccc(C(F)(F)F)cc2)cc1. The van der Waals surface area contributed by atoms with Gasteiger partial charge in [-0.1, -0.05) is 43.3 Å². The lowest BCUT2D eigenvalue weighted by atomic mass is 10.0. The average Bonchev–Trinajstić information content (AvgIpc) is 2.53. The van der Waals surface area contributed by atoms with Crippen molar-refractivity contribution >= 4 is 15.9 Å². The maximum Gasteiger partial charge on any atom is 0.416 e. The molecule has 0 bridgehead atoms. The molecule has 0 heterocycles. The largest absolute Gasteiger partial charge is 0.416 e. The number of halogens is 3. The van der Waals surface area contributed by atoms with E-state index in [0.29, 0.717) is 11.1 Å². The molecule has 0 atom stereocenters. The molecular weight excluding hydrogens is 325 g/mol. The molecule has 0 fully saturated rings. The van der Waals surface area contributed by atoms with E-state index in [4.69, 9.17) is 0 Å². The number of hydrogen-bond acceptors (Lipinski definition) is 2. The van der Waals surface area contributed by atoms with Gasteiger partial charge in [0.25, 0.3) is 0 Å². The Balaban J connectivity index is 2.20. The highest BCUT2D eigenvalue weighted by Crippen LogP contribution is 2.31.